The number of pyridine rings is 1. The Bertz CT molecular complexity index is 1440. The fraction of sp³-hybridized carbons (Fsp3) is 0.857. The fourth-order valence-corrected chi connectivity index (χ4v) is 9.49. The Hall–Kier alpha value is -1.86. The SMILES string of the molecule is CC[C@H]1OC(=O)[C@H](C)[C@@H](O[C@H]2C[C@@](C)(OC)[C@@](O)(c3cccnc3)[C@H](C)O2)[C@H](C)[C@@H](O[C@@H]2O[C@H](C)C[C@H](N(C)C)[C@H]2O)[C@](C)(O)C[C@@H](C)CN[C@H](C)[C@@H](O)[C@]1(C)O. The smallest absolute Gasteiger partial charge is 0.311 e. The zero-order valence-electron chi connectivity index (χ0n) is 36.4. The van der Waals surface area contributed by atoms with Crippen molar-refractivity contribution >= 4 is 5.97 Å². The number of ether oxygens (including phenoxy) is 6. The lowest BCUT2D eigenvalue weighted by Gasteiger charge is -2.53. The summed E-state index contributed by atoms with van der Waals surface area (Å²) in [6.07, 6.45) is -4.79. The van der Waals surface area contributed by atoms with Gasteiger partial charge in [-0.3, -0.25) is 9.78 Å². The van der Waals surface area contributed by atoms with Crippen LogP contribution in [0, 0.1) is 17.8 Å². The van der Waals surface area contributed by atoms with Crippen molar-refractivity contribution in [3.05, 3.63) is 30.1 Å². The zero-order valence-corrected chi connectivity index (χ0v) is 36.4. The van der Waals surface area contributed by atoms with Crippen LogP contribution in [0.2, 0.25) is 0 Å². The van der Waals surface area contributed by atoms with Gasteiger partial charge in [0.05, 0.1) is 35.9 Å². The van der Waals surface area contributed by atoms with Gasteiger partial charge < -0.3 is 64.2 Å². The average molecular weight is 812 g/mol. The summed E-state index contributed by atoms with van der Waals surface area (Å²) in [6.45, 7) is 17.8. The van der Waals surface area contributed by atoms with Crippen LogP contribution >= 0.6 is 0 Å². The van der Waals surface area contributed by atoms with E-state index in [1.54, 1.807) is 66.1 Å². The molecule has 1 aromatic rings. The molecule has 0 spiro atoms. The van der Waals surface area contributed by atoms with Crippen LogP contribution in [0.4, 0.5) is 0 Å². The van der Waals surface area contributed by atoms with E-state index in [4.69, 9.17) is 28.4 Å². The molecular weight excluding hydrogens is 738 g/mol. The van der Waals surface area contributed by atoms with Crippen LogP contribution in [0.15, 0.2) is 24.5 Å². The number of nitrogens with one attached hydrogen (secondary N) is 1. The van der Waals surface area contributed by atoms with Gasteiger partial charge in [0.25, 0.3) is 0 Å². The summed E-state index contributed by atoms with van der Waals surface area (Å²) in [4.78, 5) is 20.5. The summed E-state index contributed by atoms with van der Waals surface area (Å²) in [5, 5.41) is 62.8. The molecule has 6 N–H and O–H groups in total. The number of aliphatic hydroxyl groups is 5. The molecule has 1 aromatic heterocycles. The van der Waals surface area contributed by atoms with Gasteiger partial charge in [0.1, 0.15) is 35.1 Å². The number of aromatic nitrogens is 1. The minimum atomic E-state index is -1.83. The number of carbonyl (C=O) groups excluding carboxylic acids is 1. The molecular formula is C42H73N3O12. The molecule has 0 amide bonds. The minimum absolute atomic E-state index is 0.0255. The third-order valence-corrected chi connectivity index (χ3v) is 13.1. The van der Waals surface area contributed by atoms with Crippen molar-refractivity contribution < 1.29 is 58.7 Å². The van der Waals surface area contributed by atoms with Crippen molar-refractivity contribution in [2.24, 2.45) is 17.8 Å². The molecule has 0 radical (unpaired) electrons. The Kier molecular flexibility index (Phi) is 15.8. The lowest BCUT2D eigenvalue weighted by Crippen LogP contribution is -2.64. The first-order chi connectivity index (χ1) is 26.4. The standard InChI is InChI=1S/C42H73N3O12/c1-14-31-41(10,50)35(47)27(6)44-21-23(2)19-39(8,49)36(57-38-33(46)30(45(11)12)18-24(3)53-38)25(4)34(26(5)37(48)55-31)56-32-20-40(9,52-13)42(51,28(7)54-32)29-16-15-17-43-22-29/h15-17,22-28,30-36,38,44,46-47,49-51H,14,18-21H2,1-13H3/t23-,24-,25+,26-,27-,28+,30+,31-,32+,33-,34+,35-,36-,38+,39-,40-,41-,42+/m1/s1. The van der Waals surface area contributed by atoms with Gasteiger partial charge >= 0.3 is 5.97 Å². The van der Waals surface area contributed by atoms with Crippen LogP contribution in [0.3, 0.4) is 0 Å². The number of aliphatic hydroxyl groups excluding tert-OH is 2. The summed E-state index contributed by atoms with van der Waals surface area (Å²) < 4.78 is 38.4. The molecule has 3 aliphatic heterocycles. The summed E-state index contributed by atoms with van der Waals surface area (Å²) in [5.74, 6) is -2.75. The molecule has 0 bridgehead atoms. The lowest BCUT2D eigenvalue weighted by molar-refractivity contribution is -0.341. The van der Waals surface area contributed by atoms with Gasteiger partial charge in [0, 0.05) is 49.5 Å². The van der Waals surface area contributed by atoms with Gasteiger partial charge in [-0.05, 0) is 100 Å². The van der Waals surface area contributed by atoms with Crippen molar-refractivity contribution in [1.29, 1.82) is 0 Å². The van der Waals surface area contributed by atoms with E-state index in [-0.39, 0.29) is 37.3 Å². The number of esters is 1. The number of methoxy groups -OCH3 is 1. The zero-order chi connectivity index (χ0) is 42.8. The minimum Gasteiger partial charge on any atom is -0.459 e. The van der Waals surface area contributed by atoms with E-state index in [0.717, 1.165) is 0 Å². The van der Waals surface area contributed by atoms with Crippen LogP contribution in [0.1, 0.15) is 100 Å². The highest BCUT2D eigenvalue weighted by molar-refractivity contribution is 5.73. The highest BCUT2D eigenvalue weighted by atomic mass is 16.7. The average Bonchev–Trinajstić information content (AvgIpc) is 3.15. The lowest BCUT2D eigenvalue weighted by atomic mass is 9.71. The van der Waals surface area contributed by atoms with Gasteiger partial charge in [-0.25, -0.2) is 0 Å². The van der Waals surface area contributed by atoms with Gasteiger partial charge in [-0.2, -0.15) is 0 Å². The monoisotopic (exact) mass is 812 g/mol. The molecule has 18 atom stereocenters. The molecule has 4 rings (SSSR count). The van der Waals surface area contributed by atoms with Crippen LogP contribution < -0.4 is 5.32 Å². The number of carbonyl (C=O) groups is 1. The first-order valence-electron chi connectivity index (χ1n) is 20.7. The largest absolute Gasteiger partial charge is 0.459 e. The van der Waals surface area contributed by atoms with Gasteiger partial charge in [-0.15, -0.1) is 0 Å². The van der Waals surface area contributed by atoms with E-state index < -0.39 is 95.5 Å². The number of nitrogens with zero attached hydrogens (tertiary/aromatic N) is 2. The predicted octanol–water partition coefficient (Wildman–Crippen LogP) is 2.48. The Morgan fingerprint density at radius 3 is 2.25 bits per heavy atom. The second-order valence-electron chi connectivity index (χ2n) is 18.1. The fourth-order valence-electron chi connectivity index (χ4n) is 9.49. The van der Waals surface area contributed by atoms with E-state index in [9.17, 15) is 30.3 Å². The first kappa shape index (κ1) is 47.8. The van der Waals surface area contributed by atoms with Gasteiger partial charge in [-0.1, -0.05) is 26.8 Å². The molecule has 0 aliphatic carbocycles. The molecule has 57 heavy (non-hydrogen) atoms. The Morgan fingerprint density at radius 1 is 1.00 bits per heavy atom. The number of hydrogen-bond acceptors (Lipinski definition) is 15. The molecule has 3 aliphatic rings. The normalized spacial score (nSPS) is 47.2. The number of hydrogen-bond donors (Lipinski definition) is 6. The van der Waals surface area contributed by atoms with E-state index >= 15 is 0 Å². The Morgan fingerprint density at radius 2 is 1.67 bits per heavy atom. The van der Waals surface area contributed by atoms with Gasteiger partial charge in [0.2, 0.25) is 0 Å². The number of rotatable bonds is 8. The summed E-state index contributed by atoms with van der Waals surface area (Å²) in [7, 11) is 5.26. The second-order valence-corrected chi connectivity index (χ2v) is 18.1. The molecule has 15 nitrogen and oxygen atoms in total. The Balaban J connectivity index is 1.82. The van der Waals surface area contributed by atoms with E-state index in [1.807, 2.05) is 39.8 Å². The molecule has 328 valence electrons. The molecule has 4 heterocycles. The summed E-state index contributed by atoms with van der Waals surface area (Å²) >= 11 is 0. The Labute approximate surface area is 339 Å². The highest BCUT2D eigenvalue weighted by Gasteiger charge is 2.59. The van der Waals surface area contributed by atoms with Crippen LogP contribution in [0.25, 0.3) is 0 Å². The van der Waals surface area contributed by atoms with E-state index in [0.29, 0.717) is 18.5 Å². The first-order valence-corrected chi connectivity index (χ1v) is 20.7. The number of cyclic esters (lactones) is 1. The molecule has 0 unspecified atom stereocenters. The summed E-state index contributed by atoms with van der Waals surface area (Å²) in [5.41, 5.74) is -5.82. The van der Waals surface area contributed by atoms with Crippen molar-refractivity contribution in [2.45, 2.75) is 185 Å². The maximum atomic E-state index is 14.4. The maximum Gasteiger partial charge on any atom is 0.311 e. The maximum absolute atomic E-state index is 14.4. The van der Waals surface area contributed by atoms with Crippen LogP contribution in [0.5, 0.6) is 0 Å². The van der Waals surface area contributed by atoms with Crippen LogP contribution in [-0.2, 0) is 38.8 Å². The third-order valence-electron chi connectivity index (χ3n) is 13.1. The molecule has 3 saturated heterocycles. The predicted molar refractivity (Wildman–Crippen MR) is 212 cm³/mol. The van der Waals surface area contributed by atoms with Crippen molar-refractivity contribution in [2.75, 3.05) is 27.7 Å². The van der Waals surface area contributed by atoms with Gasteiger partial charge in [0.15, 0.2) is 12.6 Å². The van der Waals surface area contributed by atoms with Crippen molar-refractivity contribution in [3.8, 4) is 0 Å². The second kappa shape index (κ2) is 18.8. The van der Waals surface area contributed by atoms with E-state index in [2.05, 4.69) is 10.3 Å². The third kappa shape index (κ3) is 10.0. The van der Waals surface area contributed by atoms with Crippen molar-refractivity contribution in [3.63, 3.8) is 0 Å². The number of likely N-dealkylation sites (N-methyl/N-ethyl adjacent to an activating group) is 1. The van der Waals surface area contributed by atoms with E-state index in [1.165, 1.54) is 14.0 Å². The molecule has 15 heteroatoms. The topological polar surface area (TPSA) is 202 Å². The van der Waals surface area contributed by atoms with Crippen LogP contribution in [-0.4, -0.2) is 153 Å². The highest BCUT2D eigenvalue weighted by Crippen LogP contribution is 2.48. The quantitative estimate of drug-likeness (QED) is 0.209. The molecule has 0 saturated carbocycles. The molecule has 3 fully saturated rings. The van der Waals surface area contributed by atoms with Crippen molar-refractivity contribution in [1.82, 2.24) is 15.2 Å². The molecule has 0 aromatic carbocycles. The summed E-state index contributed by atoms with van der Waals surface area (Å²) in [6, 6.07) is 2.58.